The highest BCUT2D eigenvalue weighted by Crippen LogP contribution is 2.24. The second-order valence-corrected chi connectivity index (χ2v) is 8.85. The van der Waals surface area contributed by atoms with Crippen molar-refractivity contribution in [2.45, 2.75) is 60.4 Å². The quantitative estimate of drug-likeness (QED) is 0.203. The van der Waals surface area contributed by atoms with Gasteiger partial charge in [0.15, 0.2) is 5.96 Å². The highest BCUT2D eigenvalue weighted by molar-refractivity contribution is 14.0. The molecule has 0 spiro atoms. The van der Waals surface area contributed by atoms with E-state index in [9.17, 15) is 4.79 Å². The molecule has 2 N–H and O–H groups in total. The van der Waals surface area contributed by atoms with Gasteiger partial charge in [-0.3, -0.25) is 4.99 Å². The van der Waals surface area contributed by atoms with Crippen molar-refractivity contribution in [3.05, 3.63) is 31.2 Å². The van der Waals surface area contributed by atoms with Crippen LogP contribution in [0.2, 0.25) is 0 Å². The number of ether oxygens (including phenoxy) is 1. The fourth-order valence-corrected chi connectivity index (χ4v) is 4.73. The SMILES string of the molecule is CCNC(=NCCc1nc(CC)c(C)s1)NC(C)c1nc(C)c(C(=O)OCC)s1.I. The summed E-state index contributed by atoms with van der Waals surface area (Å²) in [6, 6.07) is -0.0755. The molecule has 0 aliphatic carbocycles. The van der Waals surface area contributed by atoms with Gasteiger partial charge in [-0.1, -0.05) is 6.92 Å². The number of aromatic nitrogens is 2. The van der Waals surface area contributed by atoms with Crippen molar-refractivity contribution in [2.75, 3.05) is 19.7 Å². The number of carbonyl (C=O) groups excluding carboxylic acids is 1. The lowest BCUT2D eigenvalue weighted by atomic mass is 10.3. The predicted octanol–water partition coefficient (Wildman–Crippen LogP) is 4.43. The number of thiazole rings is 2. The Morgan fingerprint density at radius 1 is 1.20 bits per heavy atom. The van der Waals surface area contributed by atoms with Crippen LogP contribution in [-0.4, -0.2) is 41.6 Å². The summed E-state index contributed by atoms with van der Waals surface area (Å²) in [4.78, 5) is 27.8. The maximum absolute atomic E-state index is 12.0. The molecular formula is C20H32IN5O2S2. The van der Waals surface area contributed by atoms with Crippen molar-refractivity contribution < 1.29 is 9.53 Å². The Bertz CT molecular complexity index is 850. The normalized spacial score (nSPS) is 12.3. The molecule has 2 aromatic rings. The van der Waals surface area contributed by atoms with Gasteiger partial charge in [-0.05, 0) is 41.0 Å². The second-order valence-electron chi connectivity index (χ2n) is 6.53. The summed E-state index contributed by atoms with van der Waals surface area (Å²) in [6.07, 6.45) is 1.79. The number of hydrogen-bond donors (Lipinski definition) is 2. The van der Waals surface area contributed by atoms with E-state index in [0.717, 1.165) is 35.4 Å². The molecule has 0 saturated carbocycles. The molecule has 0 amide bonds. The van der Waals surface area contributed by atoms with E-state index in [-0.39, 0.29) is 36.0 Å². The van der Waals surface area contributed by atoms with Crippen molar-refractivity contribution in [1.82, 2.24) is 20.6 Å². The first-order valence-corrected chi connectivity index (χ1v) is 11.7. The number of nitrogens with zero attached hydrogens (tertiary/aromatic N) is 3. The van der Waals surface area contributed by atoms with Gasteiger partial charge in [-0.25, -0.2) is 14.8 Å². The summed E-state index contributed by atoms with van der Waals surface area (Å²) in [5.41, 5.74) is 1.88. The van der Waals surface area contributed by atoms with Crippen molar-refractivity contribution in [2.24, 2.45) is 4.99 Å². The third-order valence-corrected chi connectivity index (χ3v) is 6.60. The van der Waals surface area contributed by atoms with Crippen LogP contribution in [-0.2, 0) is 17.6 Å². The van der Waals surface area contributed by atoms with Crippen LogP contribution in [0.3, 0.4) is 0 Å². The van der Waals surface area contributed by atoms with Gasteiger partial charge < -0.3 is 15.4 Å². The lowest BCUT2D eigenvalue weighted by Gasteiger charge is -2.15. The van der Waals surface area contributed by atoms with Gasteiger partial charge in [0.25, 0.3) is 0 Å². The first-order chi connectivity index (χ1) is 13.9. The zero-order chi connectivity index (χ0) is 21.4. The summed E-state index contributed by atoms with van der Waals surface area (Å²) in [5, 5.41) is 8.61. The molecular weight excluding hydrogens is 533 g/mol. The van der Waals surface area contributed by atoms with Crippen LogP contribution in [0.4, 0.5) is 0 Å². The van der Waals surface area contributed by atoms with E-state index in [4.69, 9.17) is 4.74 Å². The lowest BCUT2D eigenvalue weighted by molar-refractivity contribution is 0.0531. The second kappa shape index (κ2) is 13.2. The fourth-order valence-electron chi connectivity index (χ4n) is 2.76. The largest absolute Gasteiger partial charge is 0.462 e. The number of nitrogens with one attached hydrogen (secondary N) is 2. The van der Waals surface area contributed by atoms with Crippen LogP contribution in [0.15, 0.2) is 4.99 Å². The molecule has 10 heteroatoms. The molecule has 168 valence electrons. The van der Waals surface area contributed by atoms with Crippen LogP contribution < -0.4 is 10.6 Å². The lowest BCUT2D eigenvalue weighted by Crippen LogP contribution is -2.38. The first-order valence-electron chi connectivity index (χ1n) is 10.0. The van der Waals surface area contributed by atoms with Crippen LogP contribution in [0.1, 0.15) is 69.7 Å². The van der Waals surface area contributed by atoms with E-state index in [2.05, 4.69) is 39.4 Å². The van der Waals surface area contributed by atoms with Crippen LogP contribution >= 0.6 is 46.7 Å². The molecule has 0 aliphatic heterocycles. The zero-order valence-corrected chi connectivity index (χ0v) is 22.5. The molecule has 2 aromatic heterocycles. The van der Waals surface area contributed by atoms with Crippen LogP contribution in [0, 0.1) is 13.8 Å². The summed E-state index contributed by atoms with van der Waals surface area (Å²) in [6.45, 7) is 13.7. The Morgan fingerprint density at radius 3 is 2.53 bits per heavy atom. The van der Waals surface area contributed by atoms with Gasteiger partial charge in [0.2, 0.25) is 0 Å². The first kappa shape index (κ1) is 26.8. The van der Waals surface area contributed by atoms with Gasteiger partial charge in [-0.15, -0.1) is 46.7 Å². The smallest absolute Gasteiger partial charge is 0.350 e. The number of aliphatic imine (C=N–C) groups is 1. The Labute approximate surface area is 204 Å². The molecule has 0 bridgehead atoms. The number of carbonyl (C=O) groups is 1. The summed E-state index contributed by atoms with van der Waals surface area (Å²) < 4.78 is 5.10. The number of rotatable bonds is 9. The Balaban J connectivity index is 0.00000450. The van der Waals surface area contributed by atoms with Gasteiger partial charge in [0, 0.05) is 24.4 Å². The standard InChI is InChI=1S/C20H31N5O2S2.HI/c1-7-15-14(6)28-16(25-15)10-11-22-20(21-8-2)24-13(5)18-23-12(4)17(29-18)19(26)27-9-3;/h13H,7-11H2,1-6H3,(H2,21,22,24);1H. The van der Waals surface area contributed by atoms with Crippen molar-refractivity contribution in [3.8, 4) is 0 Å². The monoisotopic (exact) mass is 565 g/mol. The number of aryl methyl sites for hydroxylation is 3. The maximum Gasteiger partial charge on any atom is 0.350 e. The number of halogens is 1. The van der Waals surface area contributed by atoms with Gasteiger partial charge in [0.05, 0.1) is 29.0 Å². The Hall–Kier alpha value is -1.27. The molecule has 2 heterocycles. The molecule has 30 heavy (non-hydrogen) atoms. The van der Waals surface area contributed by atoms with E-state index in [1.807, 2.05) is 20.8 Å². The number of hydrogen-bond acceptors (Lipinski definition) is 7. The summed E-state index contributed by atoms with van der Waals surface area (Å²) >= 11 is 3.12. The van der Waals surface area contributed by atoms with E-state index < -0.39 is 0 Å². The molecule has 0 aromatic carbocycles. The highest BCUT2D eigenvalue weighted by atomic mass is 127. The maximum atomic E-state index is 12.0. The predicted molar refractivity (Wildman–Crippen MR) is 136 cm³/mol. The number of guanidine groups is 1. The van der Waals surface area contributed by atoms with Crippen LogP contribution in [0.25, 0.3) is 0 Å². The minimum absolute atomic E-state index is 0. The molecule has 0 radical (unpaired) electrons. The molecule has 0 saturated heterocycles. The third-order valence-electron chi connectivity index (χ3n) is 4.21. The molecule has 0 fully saturated rings. The molecule has 1 unspecified atom stereocenters. The van der Waals surface area contributed by atoms with E-state index in [1.54, 1.807) is 18.3 Å². The van der Waals surface area contributed by atoms with Crippen LogP contribution in [0.5, 0.6) is 0 Å². The molecule has 2 rings (SSSR count). The molecule has 7 nitrogen and oxygen atoms in total. The van der Waals surface area contributed by atoms with Gasteiger partial charge >= 0.3 is 5.97 Å². The Morgan fingerprint density at radius 2 is 1.93 bits per heavy atom. The average molecular weight is 566 g/mol. The van der Waals surface area contributed by atoms with E-state index in [1.165, 1.54) is 21.9 Å². The minimum atomic E-state index is -0.313. The minimum Gasteiger partial charge on any atom is -0.462 e. The number of esters is 1. The third kappa shape index (κ3) is 7.45. The van der Waals surface area contributed by atoms with Crippen molar-refractivity contribution in [1.29, 1.82) is 0 Å². The zero-order valence-electron chi connectivity index (χ0n) is 18.5. The topological polar surface area (TPSA) is 88.5 Å². The molecule has 0 aliphatic rings. The van der Waals surface area contributed by atoms with Gasteiger partial charge in [-0.2, -0.15) is 0 Å². The molecule has 1 atom stereocenters. The summed E-state index contributed by atoms with van der Waals surface area (Å²) in [7, 11) is 0. The van der Waals surface area contributed by atoms with Crippen molar-refractivity contribution in [3.63, 3.8) is 0 Å². The van der Waals surface area contributed by atoms with E-state index in [0.29, 0.717) is 23.7 Å². The fraction of sp³-hybridized carbons (Fsp3) is 0.600. The van der Waals surface area contributed by atoms with Gasteiger partial charge in [0.1, 0.15) is 9.88 Å². The van der Waals surface area contributed by atoms with Crippen molar-refractivity contribution >= 4 is 58.6 Å². The highest BCUT2D eigenvalue weighted by Gasteiger charge is 2.20. The van der Waals surface area contributed by atoms with E-state index >= 15 is 0 Å². The summed E-state index contributed by atoms with van der Waals surface area (Å²) in [5.74, 6) is 0.418. The Kier molecular flexibility index (Phi) is 11.8. The average Bonchev–Trinajstić information content (AvgIpc) is 3.24.